The number of rotatable bonds is 20. The van der Waals surface area contributed by atoms with Crippen LogP contribution in [-0.4, -0.2) is 104 Å². The molecule has 0 unspecified atom stereocenters. The highest BCUT2D eigenvalue weighted by Gasteiger charge is 2.58. The molecule has 0 spiro atoms. The number of halogens is 2. The minimum atomic E-state index is -5.61. The Morgan fingerprint density at radius 2 is 1.53 bits per heavy atom. The lowest BCUT2D eigenvalue weighted by atomic mass is 10.0. The third-order valence-corrected chi connectivity index (χ3v) is 10.4. The Bertz CT molecular complexity index is 1150. The fourth-order valence-electron chi connectivity index (χ4n) is 3.74. The summed E-state index contributed by atoms with van der Waals surface area (Å²) < 4.78 is 22.7. The molecule has 1 aromatic rings. The van der Waals surface area contributed by atoms with Crippen LogP contribution in [-0.2, 0) is 34.7 Å². The van der Waals surface area contributed by atoms with Gasteiger partial charge in [0.25, 0.3) is 5.08 Å². The zero-order valence-electron chi connectivity index (χ0n) is 23.2. The minimum Gasteiger partial charge on any atom is -0.369 e. The van der Waals surface area contributed by atoms with Crippen LogP contribution in [0, 0.1) is 0 Å². The van der Waals surface area contributed by atoms with Crippen molar-refractivity contribution in [1.82, 2.24) is 21.3 Å². The van der Waals surface area contributed by atoms with Crippen LogP contribution < -0.4 is 26.2 Å². The van der Waals surface area contributed by atoms with Gasteiger partial charge in [-0.05, 0) is 31.0 Å². The first-order chi connectivity index (χ1) is 20.0. The lowest BCUT2D eigenvalue weighted by Crippen LogP contribution is -2.53. The SMILES string of the molecule is C[C@H](NC(=O)[C@H](Cc1ccc(N(CCCl)CCCl)cc1)NC=O)C(=O)NCC(=O)NCCCC(O)(P(=O)(O)O)P(=O)(O)O. The van der Waals surface area contributed by atoms with Crippen LogP contribution in [0.4, 0.5) is 5.69 Å². The molecule has 0 aliphatic rings. The Balaban J connectivity index is 2.61. The maximum Gasteiger partial charge on any atom is 0.369 e. The number of carbonyl (C=O) groups excluding carboxylic acids is 4. The quantitative estimate of drug-likeness (QED) is 0.0351. The summed E-state index contributed by atoms with van der Waals surface area (Å²) in [6.45, 7) is 1.64. The Morgan fingerprint density at radius 1 is 0.977 bits per heavy atom. The van der Waals surface area contributed by atoms with Gasteiger partial charge in [-0.3, -0.25) is 28.3 Å². The predicted octanol–water partition coefficient (Wildman–Crippen LogP) is -0.853. The zero-order chi connectivity index (χ0) is 32.8. The molecule has 9 N–H and O–H groups in total. The van der Waals surface area contributed by atoms with E-state index in [0.717, 1.165) is 11.3 Å². The molecule has 43 heavy (non-hydrogen) atoms. The maximum absolute atomic E-state index is 12.8. The number of amides is 4. The van der Waals surface area contributed by atoms with Crippen LogP contribution in [0.25, 0.3) is 0 Å². The molecule has 0 radical (unpaired) electrons. The smallest absolute Gasteiger partial charge is 0.369 e. The molecule has 0 aromatic heterocycles. The van der Waals surface area contributed by atoms with Gasteiger partial charge >= 0.3 is 15.2 Å². The molecule has 0 fully saturated rings. The van der Waals surface area contributed by atoms with Gasteiger partial charge in [-0.15, -0.1) is 23.2 Å². The summed E-state index contributed by atoms with van der Waals surface area (Å²) >= 11 is 11.7. The van der Waals surface area contributed by atoms with Gasteiger partial charge in [-0.1, -0.05) is 12.1 Å². The Morgan fingerprint density at radius 3 is 2.02 bits per heavy atom. The molecule has 0 aliphatic carbocycles. The molecule has 0 aliphatic heterocycles. The van der Waals surface area contributed by atoms with Gasteiger partial charge in [0, 0.05) is 49.9 Å². The second-order valence-corrected chi connectivity index (χ2v) is 14.1. The third-order valence-electron chi connectivity index (χ3n) is 6.16. The molecule has 0 saturated carbocycles. The van der Waals surface area contributed by atoms with Gasteiger partial charge in [0.15, 0.2) is 0 Å². The van der Waals surface area contributed by atoms with E-state index in [1.165, 1.54) is 6.92 Å². The zero-order valence-corrected chi connectivity index (χ0v) is 26.5. The average molecular weight is 692 g/mol. The van der Waals surface area contributed by atoms with Gasteiger partial charge in [0.1, 0.15) is 12.1 Å². The summed E-state index contributed by atoms with van der Waals surface area (Å²) in [5.41, 5.74) is 1.61. The van der Waals surface area contributed by atoms with Crippen molar-refractivity contribution in [3.05, 3.63) is 29.8 Å². The maximum atomic E-state index is 12.8. The van der Waals surface area contributed by atoms with Crippen LogP contribution in [0.3, 0.4) is 0 Å². The molecule has 0 heterocycles. The van der Waals surface area contributed by atoms with E-state index in [2.05, 4.69) is 21.3 Å². The molecule has 16 nitrogen and oxygen atoms in total. The van der Waals surface area contributed by atoms with Crippen molar-refractivity contribution < 1.29 is 53.0 Å². The summed E-state index contributed by atoms with van der Waals surface area (Å²) in [5.74, 6) is -1.34. The molecule has 20 heteroatoms. The van der Waals surface area contributed by atoms with Crippen molar-refractivity contribution >= 4 is 68.2 Å². The van der Waals surface area contributed by atoms with Crippen molar-refractivity contribution in [2.45, 2.75) is 43.4 Å². The number of nitrogens with one attached hydrogen (secondary N) is 4. The van der Waals surface area contributed by atoms with E-state index < -0.39 is 69.5 Å². The molecule has 0 saturated heterocycles. The van der Waals surface area contributed by atoms with Crippen LogP contribution in [0.1, 0.15) is 25.3 Å². The molecule has 4 amide bonds. The van der Waals surface area contributed by atoms with Crippen molar-refractivity contribution in [2.75, 3.05) is 42.8 Å². The van der Waals surface area contributed by atoms with E-state index in [1.54, 1.807) is 12.1 Å². The lowest BCUT2D eigenvalue weighted by molar-refractivity contribution is -0.131. The van der Waals surface area contributed by atoms with Crippen LogP contribution >= 0.6 is 38.4 Å². The molecule has 244 valence electrons. The van der Waals surface area contributed by atoms with E-state index in [0.29, 0.717) is 31.3 Å². The second-order valence-electron chi connectivity index (χ2n) is 9.34. The standard InChI is InChI=1S/C23H37Cl2N5O11P2/c1-16(21(33)27-14-20(32)26-10-2-7-23(35,42(36,37)38)43(39,40)41)29-22(34)19(28-15-31)13-17-3-5-18(6-4-17)30(11-8-24)12-9-25/h3-6,15-16,19,35H,2,7-14H2,1H3,(H,26,32)(H,27,33)(H,28,31)(H,29,34)(H2,36,37,38)(H2,39,40,41)/t16-,19-/m0/s1. The van der Waals surface area contributed by atoms with Gasteiger partial charge in [-0.2, -0.15) is 0 Å². The Labute approximate surface area is 258 Å². The summed E-state index contributed by atoms with van der Waals surface area (Å²) in [5, 5.41) is 15.6. The fourth-order valence-corrected chi connectivity index (χ4v) is 6.40. The Hall–Kier alpha value is -2.26. The highest BCUT2D eigenvalue weighted by atomic mass is 35.5. The number of aliphatic hydroxyl groups is 1. The van der Waals surface area contributed by atoms with Gasteiger partial charge in [0.2, 0.25) is 24.1 Å². The van der Waals surface area contributed by atoms with E-state index in [9.17, 15) is 33.4 Å². The normalized spacial score (nSPS) is 13.4. The predicted molar refractivity (Wildman–Crippen MR) is 159 cm³/mol. The second kappa shape index (κ2) is 17.9. The highest BCUT2D eigenvalue weighted by Crippen LogP contribution is 2.69. The van der Waals surface area contributed by atoms with Crippen molar-refractivity contribution in [3.63, 3.8) is 0 Å². The summed E-state index contributed by atoms with van der Waals surface area (Å²) in [6, 6.07) is 5.11. The number of carbonyl (C=O) groups is 4. The number of hydrogen-bond acceptors (Lipinski definition) is 8. The van der Waals surface area contributed by atoms with Crippen molar-refractivity contribution in [2.24, 2.45) is 0 Å². The third kappa shape index (κ3) is 12.3. The molecule has 2 atom stereocenters. The van der Waals surface area contributed by atoms with Crippen LogP contribution in [0.2, 0.25) is 0 Å². The van der Waals surface area contributed by atoms with E-state index in [4.69, 9.17) is 42.8 Å². The van der Waals surface area contributed by atoms with E-state index in [-0.39, 0.29) is 13.0 Å². The first kappa shape index (κ1) is 38.8. The first-order valence-corrected chi connectivity index (χ1v) is 17.1. The van der Waals surface area contributed by atoms with Gasteiger partial charge in [-0.25, -0.2) is 0 Å². The lowest BCUT2D eigenvalue weighted by Gasteiger charge is -2.29. The average Bonchev–Trinajstić information content (AvgIpc) is 2.92. The monoisotopic (exact) mass is 691 g/mol. The molecular formula is C23H37Cl2N5O11P2. The largest absolute Gasteiger partial charge is 0.369 e. The number of benzene rings is 1. The molecule has 1 aromatic carbocycles. The molecular weight excluding hydrogens is 655 g/mol. The number of anilines is 1. The summed E-state index contributed by atoms with van der Waals surface area (Å²) in [4.78, 5) is 86.7. The number of hydrogen-bond donors (Lipinski definition) is 9. The van der Waals surface area contributed by atoms with Gasteiger partial charge in [0.05, 0.1) is 6.54 Å². The number of alkyl halides is 2. The van der Waals surface area contributed by atoms with E-state index >= 15 is 0 Å². The topological polar surface area (TPSA) is 255 Å². The van der Waals surface area contributed by atoms with Crippen molar-refractivity contribution in [1.29, 1.82) is 0 Å². The first-order valence-electron chi connectivity index (χ1n) is 12.8. The Kier molecular flexibility index (Phi) is 16.1. The number of nitrogens with zero attached hydrogens (tertiary/aromatic N) is 1. The van der Waals surface area contributed by atoms with Crippen LogP contribution in [0.5, 0.6) is 0 Å². The fraction of sp³-hybridized carbons (Fsp3) is 0.565. The highest BCUT2D eigenvalue weighted by molar-refractivity contribution is 7.72. The molecule has 0 bridgehead atoms. The van der Waals surface area contributed by atoms with E-state index in [1.807, 2.05) is 17.0 Å². The van der Waals surface area contributed by atoms with Crippen LogP contribution in [0.15, 0.2) is 24.3 Å². The molecule has 1 rings (SSSR count). The summed E-state index contributed by atoms with van der Waals surface area (Å²) in [6.07, 6.45) is -0.952. The summed E-state index contributed by atoms with van der Waals surface area (Å²) in [7, 11) is -11.2. The van der Waals surface area contributed by atoms with Gasteiger partial charge < -0.3 is 50.8 Å². The minimum absolute atomic E-state index is 0.117. The van der Waals surface area contributed by atoms with Crippen molar-refractivity contribution in [3.8, 4) is 0 Å².